The van der Waals surface area contributed by atoms with E-state index in [1.807, 2.05) is 0 Å². The van der Waals surface area contributed by atoms with Crippen LogP contribution < -0.4 is 19.1 Å². The van der Waals surface area contributed by atoms with Crippen molar-refractivity contribution in [3.05, 3.63) is 52.4 Å². The number of carboxylic acids is 1. The van der Waals surface area contributed by atoms with Crippen LogP contribution in [0.2, 0.25) is 0 Å². The summed E-state index contributed by atoms with van der Waals surface area (Å²) in [5.74, 6) is -0.466. The van der Waals surface area contributed by atoms with E-state index in [4.69, 9.17) is 19.3 Å². The molecule has 9 heteroatoms. The first kappa shape index (κ1) is 20.3. The number of carbonyl (C=O) groups excluding carboxylic acids is 2. The van der Waals surface area contributed by atoms with Crippen LogP contribution in [0.4, 0.5) is 10.5 Å². The third kappa shape index (κ3) is 3.90. The SMILES string of the molecule is COc1cc(C=C2SC(=O)N(c3cccc(C(=O)O)c3)C2=O)cc(OC)c1OC. The lowest BCUT2D eigenvalue weighted by Gasteiger charge is -2.13. The fraction of sp³-hybridized carbons (Fsp3) is 0.150. The molecule has 1 aliphatic rings. The van der Waals surface area contributed by atoms with Crippen molar-refractivity contribution in [3.63, 3.8) is 0 Å². The van der Waals surface area contributed by atoms with Gasteiger partial charge in [0.2, 0.25) is 5.75 Å². The zero-order valence-corrected chi connectivity index (χ0v) is 16.6. The van der Waals surface area contributed by atoms with Gasteiger partial charge in [-0.25, -0.2) is 9.69 Å². The van der Waals surface area contributed by atoms with Crippen molar-refractivity contribution in [1.82, 2.24) is 0 Å². The number of benzene rings is 2. The summed E-state index contributed by atoms with van der Waals surface area (Å²) in [6.45, 7) is 0. The van der Waals surface area contributed by atoms with Gasteiger partial charge in [0.15, 0.2) is 11.5 Å². The first-order valence-electron chi connectivity index (χ1n) is 8.31. The first-order valence-corrected chi connectivity index (χ1v) is 9.12. The number of carboxylic acid groups (broad SMARTS) is 1. The predicted octanol–water partition coefficient (Wildman–Crippen LogP) is 3.65. The van der Waals surface area contributed by atoms with Crippen LogP contribution in [0.15, 0.2) is 41.3 Å². The molecule has 0 aliphatic carbocycles. The fourth-order valence-electron chi connectivity index (χ4n) is 2.80. The largest absolute Gasteiger partial charge is 0.493 e. The highest BCUT2D eigenvalue weighted by molar-refractivity contribution is 8.19. The van der Waals surface area contributed by atoms with Crippen LogP contribution in [0.1, 0.15) is 15.9 Å². The van der Waals surface area contributed by atoms with Gasteiger partial charge in [-0.1, -0.05) is 6.07 Å². The lowest BCUT2D eigenvalue weighted by molar-refractivity contribution is -0.113. The van der Waals surface area contributed by atoms with Crippen LogP contribution in [0.5, 0.6) is 17.2 Å². The second-order valence-corrected chi connectivity index (χ2v) is 6.82. The molecule has 0 unspecified atom stereocenters. The van der Waals surface area contributed by atoms with E-state index in [-0.39, 0.29) is 16.2 Å². The highest BCUT2D eigenvalue weighted by Crippen LogP contribution is 2.41. The van der Waals surface area contributed by atoms with E-state index in [1.54, 1.807) is 12.1 Å². The molecule has 1 saturated heterocycles. The van der Waals surface area contributed by atoms with Crippen LogP contribution >= 0.6 is 11.8 Å². The molecule has 2 aromatic carbocycles. The summed E-state index contributed by atoms with van der Waals surface area (Å²) < 4.78 is 15.9. The van der Waals surface area contributed by atoms with E-state index in [0.717, 1.165) is 16.7 Å². The molecular weight excluding hydrogens is 398 g/mol. The topological polar surface area (TPSA) is 102 Å². The van der Waals surface area contributed by atoms with Gasteiger partial charge in [-0.3, -0.25) is 9.59 Å². The minimum atomic E-state index is -1.15. The van der Waals surface area contributed by atoms with E-state index in [2.05, 4.69) is 0 Å². The molecule has 1 aliphatic heterocycles. The van der Waals surface area contributed by atoms with Gasteiger partial charge in [0.05, 0.1) is 37.5 Å². The number of methoxy groups -OCH3 is 3. The summed E-state index contributed by atoms with van der Waals surface area (Å²) in [7, 11) is 4.44. The average molecular weight is 415 g/mol. The Kier molecular flexibility index (Phi) is 5.79. The standard InChI is InChI=1S/C20H17NO7S/c1-26-14-7-11(8-15(27-2)17(14)28-3)9-16-18(22)21(20(25)29-16)13-6-4-5-12(10-13)19(23)24/h4-10H,1-3H3,(H,23,24). The second-order valence-electron chi connectivity index (χ2n) is 5.83. The number of amides is 2. The third-order valence-corrected chi connectivity index (χ3v) is 5.00. The van der Waals surface area contributed by atoms with Gasteiger partial charge in [-0.2, -0.15) is 0 Å². The molecule has 0 saturated carbocycles. The van der Waals surface area contributed by atoms with Crippen molar-refractivity contribution >= 4 is 40.6 Å². The number of thioether (sulfide) groups is 1. The van der Waals surface area contributed by atoms with Gasteiger partial charge in [-0.05, 0) is 53.7 Å². The minimum Gasteiger partial charge on any atom is -0.493 e. The number of aromatic carboxylic acids is 1. The smallest absolute Gasteiger partial charge is 0.335 e. The van der Waals surface area contributed by atoms with Gasteiger partial charge < -0.3 is 19.3 Å². The van der Waals surface area contributed by atoms with Crippen molar-refractivity contribution in [2.24, 2.45) is 0 Å². The van der Waals surface area contributed by atoms with Crippen molar-refractivity contribution in [2.45, 2.75) is 0 Å². The lowest BCUT2D eigenvalue weighted by atomic mass is 10.1. The summed E-state index contributed by atoms with van der Waals surface area (Å²) in [5.41, 5.74) is 0.750. The molecule has 0 aromatic heterocycles. The van der Waals surface area contributed by atoms with Crippen LogP contribution in [-0.4, -0.2) is 43.6 Å². The molecule has 8 nitrogen and oxygen atoms in total. The Labute approximate surface area is 170 Å². The number of ether oxygens (including phenoxy) is 3. The summed E-state index contributed by atoms with van der Waals surface area (Å²) in [6, 6.07) is 8.95. The van der Waals surface area contributed by atoms with E-state index in [1.165, 1.54) is 51.7 Å². The fourth-order valence-corrected chi connectivity index (χ4v) is 3.65. The van der Waals surface area contributed by atoms with Crippen molar-refractivity contribution in [2.75, 3.05) is 26.2 Å². The maximum absolute atomic E-state index is 12.8. The molecule has 0 atom stereocenters. The number of imide groups is 1. The molecule has 0 bridgehead atoms. The molecule has 3 rings (SSSR count). The Bertz CT molecular complexity index is 1010. The van der Waals surface area contributed by atoms with E-state index in [0.29, 0.717) is 22.8 Å². The van der Waals surface area contributed by atoms with Gasteiger partial charge in [0.25, 0.3) is 11.1 Å². The van der Waals surface area contributed by atoms with E-state index in [9.17, 15) is 14.4 Å². The Morgan fingerprint density at radius 2 is 1.69 bits per heavy atom. The quantitative estimate of drug-likeness (QED) is 0.714. The Balaban J connectivity index is 1.98. The molecule has 29 heavy (non-hydrogen) atoms. The number of hydrogen-bond acceptors (Lipinski definition) is 7. The van der Waals surface area contributed by atoms with Crippen LogP contribution in [0.3, 0.4) is 0 Å². The molecule has 2 amide bonds. The molecule has 1 heterocycles. The maximum Gasteiger partial charge on any atom is 0.335 e. The molecule has 1 N–H and O–H groups in total. The Hall–Kier alpha value is -3.46. The monoisotopic (exact) mass is 415 g/mol. The van der Waals surface area contributed by atoms with Crippen molar-refractivity contribution in [3.8, 4) is 17.2 Å². The lowest BCUT2D eigenvalue weighted by Crippen LogP contribution is -2.27. The Morgan fingerprint density at radius 3 is 2.24 bits per heavy atom. The normalized spacial score (nSPS) is 15.0. The molecule has 0 radical (unpaired) electrons. The number of nitrogens with zero attached hydrogens (tertiary/aromatic N) is 1. The summed E-state index contributed by atoms with van der Waals surface area (Å²) in [6.07, 6.45) is 1.54. The van der Waals surface area contributed by atoms with Gasteiger partial charge in [0, 0.05) is 0 Å². The minimum absolute atomic E-state index is 0.0184. The van der Waals surface area contributed by atoms with Crippen molar-refractivity contribution < 1.29 is 33.7 Å². The average Bonchev–Trinajstić information content (AvgIpc) is 3.00. The molecule has 2 aromatic rings. The number of rotatable bonds is 6. The summed E-state index contributed by atoms with van der Waals surface area (Å²) >= 11 is 0.761. The van der Waals surface area contributed by atoms with Crippen molar-refractivity contribution in [1.29, 1.82) is 0 Å². The second kappa shape index (κ2) is 8.27. The number of anilines is 1. The number of carbonyl (C=O) groups is 3. The first-order chi connectivity index (χ1) is 13.9. The highest BCUT2D eigenvalue weighted by atomic mass is 32.2. The predicted molar refractivity (Wildman–Crippen MR) is 108 cm³/mol. The Morgan fingerprint density at radius 1 is 1.03 bits per heavy atom. The highest BCUT2D eigenvalue weighted by Gasteiger charge is 2.36. The molecule has 0 spiro atoms. The van der Waals surface area contributed by atoms with E-state index >= 15 is 0 Å². The third-order valence-electron chi connectivity index (χ3n) is 4.13. The van der Waals surface area contributed by atoms with E-state index < -0.39 is 17.1 Å². The van der Waals surface area contributed by atoms with Crippen LogP contribution in [0.25, 0.3) is 6.08 Å². The molecular formula is C20H17NO7S. The van der Waals surface area contributed by atoms with Gasteiger partial charge in [0.1, 0.15) is 0 Å². The summed E-state index contributed by atoms with van der Waals surface area (Å²) in [4.78, 5) is 37.5. The van der Waals surface area contributed by atoms with Crippen LogP contribution in [0, 0.1) is 0 Å². The number of hydrogen-bond donors (Lipinski definition) is 1. The molecule has 150 valence electrons. The van der Waals surface area contributed by atoms with Gasteiger partial charge in [-0.15, -0.1) is 0 Å². The summed E-state index contributed by atoms with van der Waals surface area (Å²) in [5, 5.41) is 8.62. The van der Waals surface area contributed by atoms with Crippen LogP contribution in [-0.2, 0) is 4.79 Å². The zero-order chi connectivity index (χ0) is 21.1. The maximum atomic E-state index is 12.8. The van der Waals surface area contributed by atoms with Gasteiger partial charge >= 0.3 is 5.97 Å². The molecule has 1 fully saturated rings. The zero-order valence-electron chi connectivity index (χ0n) is 15.8.